The number of aromatic nitrogens is 2. The first kappa shape index (κ1) is 10.6. The molecule has 7 heteroatoms. The fourth-order valence-electron chi connectivity index (χ4n) is 0.951. The second-order valence-corrected chi connectivity index (χ2v) is 2.69. The van der Waals surface area contributed by atoms with E-state index in [1.165, 1.54) is 13.2 Å². The molecule has 0 unspecified atom stereocenters. The number of amides is 1. The number of hydrogen-bond donors (Lipinski definition) is 3. The highest BCUT2D eigenvalue weighted by Gasteiger charge is 2.17. The Morgan fingerprint density at radius 3 is 2.64 bits per heavy atom. The van der Waals surface area contributed by atoms with Crippen molar-refractivity contribution in [3.63, 3.8) is 0 Å². The number of aryl methyl sites for hydroxylation is 1. The molecule has 0 aliphatic carbocycles. The van der Waals surface area contributed by atoms with E-state index < -0.39 is 13.0 Å². The highest BCUT2D eigenvalue weighted by atomic mass is 16.4. The van der Waals surface area contributed by atoms with E-state index in [0.717, 1.165) is 0 Å². The molecule has 1 amide bonds. The van der Waals surface area contributed by atoms with Crippen LogP contribution in [0.25, 0.3) is 0 Å². The molecule has 6 nitrogen and oxygen atoms in total. The van der Waals surface area contributed by atoms with Crippen molar-refractivity contribution in [3.8, 4) is 0 Å². The Kier molecular flexibility index (Phi) is 3.16. The van der Waals surface area contributed by atoms with Gasteiger partial charge in [0, 0.05) is 24.4 Å². The van der Waals surface area contributed by atoms with Gasteiger partial charge in [0.25, 0.3) is 5.91 Å². The summed E-state index contributed by atoms with van der Waals surface area (Å²) in [4.78, 5) is 18.6. The van der Waals surface area contributed by atoms with Gasteiger partial charge >= 0.3 is 7.12 Å². The summed E-state index contributed by atoms with van der Waals surface area (Å²) in [6.07, 6.45) is 1.22. The van der Waals surface area contributed by atoms with Gasteiger partial charge in [-0.1, -0.05) is 0 Å². The van der Waals surface area contributed by atoms with Gasteiger partial charge in [0.1, 0.15) is 0 Å². The Bertz CT molecular complexity index is 356. The van der Waals surface area contributed by atoms with Crippen LogP contribution >= 0.6 is 0 Å². The van der Waals surface area contributed by atoms with E-state index >= 15 is 0 Å². The van der Waals surface area contributed by atoms with Crippen molar-refractivity contribution in [3.05, 3.63) is 17.7 Å². The third-order valence-corrected chi connectivity index (χ3v) is 1.73. The zero-order chi connectivity index (χ0) is 10.7. The van der Waals surface area contributed by atoms with Crippen molar-refractivity contribution in [2.45, 2.75) is 6.92 Å². The molecule has 0 atom stereocenters. The van der Waals surface area contributed by atoms with E-state index in [4.69, 9.17) is 10.0 Å². The average Bonchev–Trinajstić information content (AvgIpc) is 2.15. The summed E-state index contributed by atoms with van der Waals surface area (Å²) in [6.45, 7) is 1.57. The Labute approximate surface area is 81.2 Å². The Balaban J connectivity index is 3.06. The first-order valence-electron chi connectivity index (χ1n) is 3.98. The largest absolute Gasteiger partial charge is 0.491 e. The summed E-state index contributed by atoms with van der Waals surface area (Å²) in [5.41, 5.74) is 0.561. The summed E-state index contributed by atoms with van der Waals surface area (Å²) >= 11 is 0. The van der Waals surface area contributed by atoms with Crippen molar-refractivity contribution < 1.29 is 14.8 Å². The third kappa shape index (κ3) is 2.07. The van der Waals surface area contributed by atoms with Crippen LogP contribution in [0.2, 0.25) is 0 Å². The van der Waals surface area contributed by atoms with Gasteiger partial charge in [-0.15, -0.1) is 0 Å². The second-order valence-electron chi connectivity index (χ2n) is 2.69. The molecule has 74 valence electrons. The van der Waals surface area contributed by atoms with E-state index in [0.29, 0.717) is 5.69 Å². The number of carbonyl (C=O) groups excluding carboxylic acids is 1. The van der Waals surface area contributed by atoms with Crippen LogP contribution in [0, 0.1) is 6.92 Å². The van der Waals surface area contributed by atoms with Gasteiger partial charge in [0.15, 0.2) is 0 Å². The van der Waals surface area contributed by atoms with Crippen molar-refractivity contribution >= 4 is 18.5 Å². The van der Waals surface area contributed by atoms with E-state index in [2.05, 4.69) is 15.3 Å². The predicted octanol–water partition coefficient (Wildman–Crippen LogP) is -2.18. The van der Waals surface area contributed by atoms with Gasteiger partial charge in [-0.05, 0) is 6.92 Å². The smallest absolute Gasteiger partial charge is 0.423 e. The monoisotopic (exact) mass is 195 g/mol. The molecular formula is C7H10BN3O3. The van der Waals surface area contributed by atoms with Crippen LogP contribution < -0.4 is 10.8 Å². The van der Waals surface area contributed by atoms with Crippen molar-refractivity contribution in [2.24, 2.45) is 0 Å². The highest BCUT2D eigenvalue weighted by molar-refractivity contribution is 6.58. The molecule has 0 aliphatic heterocycles. The van der Waals surface area contributed by atoms with Crippen molar-refractivity contribution in [1.29, 1.82) is 0 Å². The maximum Gasteiger partial charge on any atom is 0.491 e. The molecular weight excluding hydrogens is 185 g/mol. The maximum atomic E-state index is 11.1. The molecule has 1 aromatic heterocycles. The van der Waals surface area contributed by atoms with Gasteiger partial charge in [-0.25, -0.2) is 9.97 Å². The molecule has 0 aromatic carbocycles. The lowest BCUT2D eigenvalue weighted by atomic mass is 9.80. The van der Waals surface area contributed by atoms with Crippen molar-refractivity contribution in [2.75, 3.05) is 7.05 Å². The molecule has 0 saturated heterocycles. The number of nitrogens with one attached hydrogen (secondary N) is 1. The lowest BCUT2D eigenvalue weighted by molar-refractivity contribution is 0.0952. The number of carbonyl (C=O) groups is 1. The van der Waals surface area contributed by atoms with E-state index in [-0.39, 0.29) is 11.3 Å². The average molecular weight is 195 g/mol. The van der Waals surface area contributed by atoms with Gasteiger partial charge in [-0.2, -0.15) is 0 Å². The topological polar surface area (TPSA) is 95.3 Å². The molecule has 0 bridgehead atoms. The van der Waals surface area contributed by atoms with Crippen LogP contribution in [-0.2, 0) is 0 Å². The van der Waals surface area contributed by atoms with Crippen LogP contribution in [0.3, 0.4) is 0 Å². The second kappa shape index (κ2) is 4.16. The van der Waals surface area contributed by atoms with Crippen LogP contribution in [-0.4, -0.2) is 40.1 Å². The minimum Gasteiger partial charge on any atom is -0.423 e. The summed E-state index contributed by atoms with van der Waals surface area (Å²) in [7, 11) is -0.149. The molecule has 0 fully saturated rings. The molecule has 1 heterocycles. The summed E-state index contributed by atoms with van der Waals surface area (Å²) in [6, 6.07) is 0. The van der Waals surface area contributed by atoms with Crippen LogP contribution in [0.5, 0.6) is 0 Å². The molecule has 1 rings (SSSR count). The van der Waals surface area contributed by atoms with Gasteiger partial charge in [0.2, 0.25) is 5.82 Å². The standard InChI is InChI=1S/C7H10BN3O3/c1-4-5(8(13)14)3-10-6(11-4)7(12)9-2/h3,13-14H,1-2H3,(H,9,12). The SMILES string of the molecule is CNC(=O)c1ncc(B(O)O)c(C)n1. The van der Waals surface area contributed by atoms with Gasteiger partial charge in [0.05, 0.1) is 0 Å². The lowest BCUT2D eigenvalue weighted by Crippen LogP contribution is -2.35. The summed E-state index contributed by atoms with van der Waals surface area (Å²) in [5, 5.41) is 20.1. The first-order chi connectivity index (χ1) is 6.56. The quantitative estimate of drug-likeness (QED) is 0.466. The molecule has 3 N–H and O–H groups in total. The molecule has 0 saturated carbocycles. The molecule has 0 radical (unpaired) electrons. The minimum absolute atomic E-state index is 0.00870. The van der Waals surface area contributed by atoms with Gasteiger partial charge < -0.3 is 15.4 Å². The Morgan fingerprint density at radius 1 is 1.57 bits per heavy atom. The number of hydrogen-bond acceptors (Lipinski definition) is 5. The van der Waals surface area contributed by atoms with E-state index in [1.807, 2.05) is 0 Å². The van der Waals surface area contributed by atoms with Crippen molar-refractivity contribution in [1.82, 2.24) is 15.3 Å². The van der Waals surface area contributed by atoms with E-state index in [9.17, 15) is 4.79 Å². The Hall–Kier alpha value is -1.47. The number of nitrogens with zero attached hydrogens (tertiary/aromatic N) is 2. The van der Waals surface area contributed by atoms with Crippen LogP contribution in [0.1, 0.15) is 16.3 Å². The zero-order valence-corrected chi connectivity index (χ0v) is 7.85. The minimum atomic E-state index is -1.62. The molecule has 0 aliphatic rings. The fourth-order valence-corrected chi connectivity index (χ4v) is 0.951. The molecule has 0 spiro atoms. The zero-order valence-electron chi connectivity index (χ0n) is 7.85. The summed E-state index contributed by atoms with van der Waals surface area (Å²) < 4.78 is 0. The predicted molar refractivity (Wildman–Crippen MR) is 50.0 cm³/mol. The first-order valence-corrected chi connectivity index (χ1v) is 3.98. The van der Waals surface area contributed by atoms with Gasteiger partial charge in [-0.3, -0.25) is 4.79 Å². The lowest BCUT2D eigenvalue weighted by Gasteiger charge is -2.04. The highest BCUT2D eigenvalue weighted by Crippen LogP contribution is 1.92. The summed E-state index contributed by atoms with van der Waals surface area (Å²) in [5.74, 6) is -0.401. The Morgan fingerprint density at radius 2 is 2.21 bits per heavy atom. The van der Waals surface area contributed by atoms with Crippen LogP contribution in [0.15, 0.2) is 6.20 Å². The third-order valence-electron chi connectivity index (χ3n) is 1.73. The molecule has 14 heavy (non-hydrogen) atoms. The number of rotatable bonds is 2. The normalized spacial score (nSPS) is 9.71. The fraction of sp³-hybridized carbons (Fsp3) is 0.286. The van der Waals surface area contributed by atoms with E-state index in [1.54, 1.807) is 6.92 Å². The maximum absolute atomic E-state index is 11.1. The molecule has 1 aromatic rings. The van der Waals surface area contributed by atoms with Crippen LogP contribution in [0.4, 0.5) is 0 Å².